The number of carboxylic acids is 1. The van der Waals surface area contributed by atoms with Crippen molar-refractivity contribution in [1.82, 2.24) is 9.97 Å². The summed E-state index contributed by atoms with van der Waals surface area (Å²) in [6.45, 7) is 3.24. The van der Waals surface area contributed by atoms with Crippen molar-refractivity contribution in [2.75, 3.05) is 5.32 Å². The summed E-state index contributed by atoms with van der Waals surface area (Å²) in [6, 6.07) is 3.48. The van der Waals surface area contributed by atoms with E-state index in [0.717, 1.165) is 4.47 Å². The van der Waals surface area contributed by atoms with Gasteiger partial charge < -0.3 is 10.4 Å². The third-order valence-electron chi connectivity index (χ3n) is 2.72. The van der Waals surface area contributed by atoms with Gasteiger partial charge in [-0.25, -0.2) is 9.97 Å². The number of thioether (sulfide) groups is 1. The molecule has 2 aromatic rings. The zero-order chi connectivity index (χ0) is 17.0. The number of carboxylic acid groups (broad SMARTS) is 1. The molecule has 0 aliphatic rings. The van der Waals surface area contributed by atoms with Gasteiger partial charge in [0.1, 0.15) is 10.6 Å². The molecule has 23 heavy (non-hydrogen) atoms. The lowest BCUT2D eigenvalue weighted by molar-refractivity contribution is -0.138. The monoisotopic (exact) mass is 415 g/mol. The number of hydrogen-bond acceptors (Lipinski definition) is 6. The molecule has 2 aromatic heterocycles. The first-order chi connectivity index (χ1) is 10.8. The van der Waals surface area contributed by atoms with Gasteiger partial charge in [0.05, 0.1) is 12.1 Å². The minimum atomic E-state index is -0.960. The second-order valence-electron chi connectivity index (χ2n) is 5.11. The molecule has 122 valence electrons. The van der Waals surface area contributed by atoms with Gasteiger partial charge in [-0.2, -0.15) is 0 Å². The van der Waals surface area contributed by atoms with Crippen LogP contribution in [0.4, 0.5) is 5.82 Å². The van der Waals surface area contributed by atoms with Crippen LogP contribution in [-0.4, -0.2) is 31.7 Å². The van der Waals surface area contributed by atoms with Crippen molar-refractivity contribution in [3.05, 3.63) is 33.9 Å². The van der Waals surface area contributed by atoms with Gasteiger partial charge in [0.15, 0.2) is 4.34 Å². The van der Waals surface area contributed by atoms with E-state index in [-0.39, 0.29) is 12.3 Å². The number of carbonyl (C=O) groups is 2. The number of aliphatic carboxylic acids is 1. The number of nitrogens with one attached hydrogen (secondary N) is 1. The van der Waals surface area contributed by atoms with E-state index < -0.39 is 10.7 Å². The molecule has 9 heteroatoms. The lowest BCUT2D eigenvalue weighted by Gasteiger charge is -2.15. The predicted octanol–water partition coefficient (Wildman–Crippen LogP) is 3.44. The van der Waals surface area contributed by atoms with Crippen LogP contribution >= 0.6 is 39.0 Å². The maximum Gasteiger partial charge on any atom is 0.319 e. The summed E-state index contributed by atoms with van der Waals surface area (Å²) in [5.41, 5.74) is 0.605. The highest BCUT2D eigenvalue weighted by Gasteiger charge is 2.29. The van der Waals surface area contributed by atoms with Crippen LogP contribution in [0.1, 0.15) is 19.5 Å². The number of aromatic nitrogens is 2. The summed E-state index contributed by atoms with van der Waals surface area (Å²) in [7, 11) is 0. The van der Waals surface area contributed by atoms with Crippen molar-refractivity contribution in [3.8, 4) is 0 Å². The van der Waals surface area contributed by atoms with E-state index in [1.807, 2.05) is 0 Å². The first-order valence-electron chi connectivity index (χ1n) is 6.54. The van der Waals surface area contributed by atoms with Gasteiger partial charge in [-0.3, -0.25) is 9.59 Å². The van der Waals surface area contributed by atoms with Crippen molar-refractivity contribution in [3.63, 3.8) is 0 Å². The number of hydrogen-bond donors (Lipinski definition) is 2. The lowest BCUT2D eigenvalue weighted by atomic mass is 10.2. The largest absolute Gasteiger partial charge is 0.480 e. The Balaban J connectivity index is 1.94. The Morgan fingerprint density at radius 2 is 2.17 bits per heavy atom. The number of anilines is 1. The molecular formula is C14H14BrN3O3S2. The Hall–Kier alpha value is -1.45. The molecule has 0 saturated heterocycles. The van der Waals surface area contributed by atoms with Gasteiger partial charge in [-0.05, 0) is 41.9 Å². The van der Waals surface area contributed by atoms with Crippen molar-refractivity contribution >= 4 is 56.7 Å². The van der Waals surface area contributed by atoms with Gasteiger partial charge in [0.2, 0.25) is 5.91 Å². The van der Waals surface area contributed by atoms with Crippen LogP contribution in [0.5, 0.6) is 0 Å². The summed E-state index contributed by atoms with van der Waals surface area (Å²) in [6.07, 6.45) is 1.71. The van der Waals surface area contributed by atoms with Gasteiger partial charge >= 0.3 is 5.97 Å². The molecule has 0 unspecified atom stereocenters. The highest BCUT2D eigenvalue weighted by molar-refractivity contribution is 9.10. The zero-order valence-corrected chi connectivity index (χ0v) is 15.6. The number of rotatable bonds is 6. The molecule has 2 N–H and O–H groups in total. The number of carbonyl (C=O) groups excluding carboxylic acids is 1. The van der Waals surface area contributed by atoms with Crippen LogP contribution in [0.25, 0.3) is 0 Å². The molecule has 0 atom stereocenters. The molecule has 6 nitrogen and oxygen atoms in total. The second-order valence-corrected chi connectivity index (χ2v) is 8.75. The van der Waals surface area contributed by atoms with E-state index in [1.165, 1.54) is 23.1 Å². The van der Waals surface area contributed by atoms with Crippen molar-refractivity contribution in [1.29, 1.82) is 0 Å². The number of pyridine rings is 1. The first kappa shape index (κ1) is 17.9. The number of thiazole rings is 1. The van der Waals surface area contributed by atoms with Gasteiger partial charge in [0, 0.05) is 16.0 Å². The first-order valence-corrected chi connectivity index (χ1v) is 9.03. The topological polar surface area (TPSA) is 92.2 Å². The summed E-state index contributed by atoms with van der Waals surface area (Å²) in [5.74, 6) is -0.660. The summed E-state index contributed by atoms with van der Waals surface area (Å²) < 4.78 is 0.498. The van der Waals surface area contributed by atoms with Crippen LogP contribution in [-0.2, 0) is 16.0 Å². The lowest BCUT2D eigenvalue weighted by Crippen LogP contribution is -2.26. The number of halogens is 1. The molecule has 0 fully saturated rings. The molecule has 1 amide bonds. The maximum absolute atomic E-state index is 12.0. The highest BCUT2D eigenvalue weighted by Crippen LogP contribution is 2.34. The van der Waals surface area contributed by atoms with Gasteiger partial charge in [-0.1, -0.05) is 11.8 Å². The third-order valence-corrected chi connectivity index (χ3v) is 5.37. The molecule has 0 aliphatic carbocycles. The SMILES string of the molecule is CC(C)(Sc1nc(CC(=O)Nc2ccc(Br)cn2)cs1)C(=O)O. The smallest absolute Gasteiger partial charge is 0.319 e. The Morgan fingerprint density at radius 1 is 1.43 bits per heavy atom. The number of nitrogens with zero attached hydrogens (tertiary/aromatic N) is 2. The molecular weight excluding hydrogens is 402 g/mol. The molecule has 2 heterocycles. The number of amides is 1. The Bertz CT molecular complexity index is 716. The minimum absolute atomic E-state index is 0.113. The van der Waals surface area contributed by atoms with Gasteiger partial charge in [0.25, 0.3) is 0 Å². The molecule has 2 rings (SSSR count). The van der Waals surface area contributed by atoms with Crippen LogP contribution in [0.2, 0.25) is 0 Å². The average Bonchev–Trinajstić information content (AvgIpc) is 2.87. The van der Waals surface area contributed by atoms with Crippen molar-refractivity contribution in [2.24, 2.45) is 0 Å². The molecule has 0 saturated carbocycles. The van der Waals surface area contributed by atoms with E-state index in [0.29, 0.717) is 15.9 Å². The standard InChI is InChI=1S/C14H14BrN3O3S2/c1-14(2,12(20)21)23-13-17-9(7-22-13)5-11(19)18-10-4-3-8(15)6-16-10/h3-4,6-7H,5H2,1-2H3,(H,20,21)(H,16,18,19). The summed E-state index contributed by atoms with van der Waals surface area (Å²) in [5, 5.41) is 13.6. The fourth-order valence-electron chi connectivity index (χ4n) is 1.48. The van der Waals surface area contributed by atoms with Crippen LogP contribution in [0.3, 0.4) is 0 Å². The normalized spacial score (nSPS) is 11.3. The fraction of sp³-hybridized carbons (Fsp3) is 0.286. The van der Waals surface area contributed by atoms with E-state index in [4.69, 9.17) is 5.11 Å². The average molecular weight is 416 g/mol. The molecule has 0 spiro atoms. The van der Waals surface area contributed by atoms with Crippen LogP contribution in [0, 0.1) is 0 Å². The molecule has 0 bridgehead atoms. The quantitative estimate of drug-likeness (QED) is 0.701. The Labute approximate surface area is 149 Å². The summed E-state index contributed by atoms with van der Waals surface area (Å²) >= 11 is 5.77. The van der Waals surface area contributed by atoms with Crippen molar-refractivity contribution in [2.45, 2.75) is 29.4 Å². The fourth-order valence-corrected chi connectivity index (χ4v) is 3.91. The Kier molecular flexibility index (Phi) is 5.77. The molecule has 0 aliphatic heterocycles. The van der Waals surface area contributed by atoms with E-state index in [2.05, 4.69) is 31.2 Å². The summed E-state index contributed by atoms with van der Waals surface area (Å²) in [4.78, 5) is 31.5. The third kappa shape index (κ3) is 5.29. The van der Waals surface area contributed by atoms with Crippen LogP contribution in [0.15, 0.2) is 32.5 Å². The van der Waals surface area contributed by atoms with E-state index in [1.54, 1.807) is 37.6 Å². The zero-order valence-electron chi connectivity index (χ0n) is 12.4. The van der Waals surface area contributed by atoms with E-state index in [9.17, 15) is 9.59 Å². The minimum Gasteiger partial charge on any atom is -0.480 e. The van der Waals surface area contributed by atoms with Crippen LogP contribution < -0.4 is 5.32 Å². The second kappa shape index (κ2) is 7.41. The van der Waals surface area contributed by atoms with E-state index >= 15 is 0 Å². The van der Waals surface area contributed by atoms with Gasteiger partial charge in [-0.15, -0.1) is 11.3 Å². The highest BCUT2D eigenvalue weighted by atomic mass is 79.9. The molecule has 0 aromatic carbocycles. The Morgan fingerprint density at radius 3 is 2.78 bits per heavy atom. The van der Waals surface area contributed by atoms with Crippen molar-refractivity contribution < 1.29 is 14.7 Å². The predicted molar refractivity (Wildman–Crippen MR) is 94.0 cm³/mol. The molecule has 0 radical (unpaired) electrons. The maximum atomic E-state index is 12.0.